The molecule has 0 bridgehead atoms. The maximum atomic E-state index is 12.3. The van der Waals surface area contributed by atoms with E-state index in [1.54, 1.807) is 4.90 Å². The number of unbranched alkanes of at least 4 members (excludes halogenated alkanes) is 1. The number of ether oxygens (including phenoxy) is 5. The number of carboxylic acid groups (broad SMARTS) is 1. The predicted molar refractivity (Wildman–Crippen MR) is 226 cm³/mol. The highest BCUT2D eigenvalue weighted by molar-refractivity contribution is 5.83. The summed E-state index contributed by atoms with van der Waals surface area (Å²) in [6, 6.07) is 15.0. The van der Waals surface area contributed by atoms with Crippen molar-refractivity contribution in [3.8, 4) is 11.1 Å². The summed E-state index contributed by atoms with van der Waals surface area (Å²) in [5, 5.41) is 28.1. The van der Waals surface area contributed by atoms with Gasteiger partial charge >= 0.3 is 18.2 Å². The largest absolute Gasteiger partial charge is 0.480 e. The van der Waals surface area contributed by atoms with Gasteiger partial charge in [0.2, 0.25) is 17.7 Å². The van der Waals surface area contributed by atoms with Crippen LogP contribution < -0.4 is 32.7 Å². The van der Waals surface area contributed by atoms with Gasteiger partial charge < -0.3 is 61.3 Å². The Bertz CT molecular complexity index is 1680. The van der Waals surface area contributed by atoms with Gasteiger partial charge in [-0.15, -0.1) is 0 Å². The Balaban J connectivity index is 0.000000335. The number of nitrogens with two attached hydrogens (primary N) is 2. The molecule has 0 aromatic heterocycles. The molecule has 3 atom stereocenters. The number of aliphatic hydroxyl groups excluding tert-OH is 1. The number of nitrogens with one attached hydrogen (secondary N) is 4. The molecule has 4 amide bonds. The lowest BCUT2D eigenvalue weighted by Crippen LogP contribution is -2.49. The van der Waals surface area contributed by atoms with E-state index in [-0.39, 0.29) is 102 Å². The van der Waals surface area contributed by atoms with Gasteiger partial charge in [-0.05, 0) is 47.9 Å². The molecule has 20 heteroatoms. The maximum absolute atomic E-state index is 12.3. The minimum atomic E-state index is -1.02. The summed E-state index contributed by atoms with van der Waals surface area (Å²) in [6.07, 6.45) is 2.56. The highest BCUT2D eigenvalue weighted by Crippen LogP contribution is 2.44. The van der Waals surface area contributed by atoms with Crippen LogP contribution in [0.25, 0.3) is 16.0 Å². The third kappa shape index (κ3) is 18.4. The van der Waals surface area contributed by atoms with E-state index < -0.39 is 24.1 Å². The number of rotatable bonds is 28. The van der Waals surface area contributed by atoms with Crippen LogP contribution in [-0.2, 0) is 42.9 Å². The van der Waals surface area contributed by atoms with Crippen molar-refractivity contribution < 1.29 is 57.9 Å². The van der Waals surface area contributed by atoms with Gasteiger partial charge in [-0.2, -0.15) is 0 Å². The smallest absolute Gasteiger partial charge is 0.407 e. The zero-order chi connectivity index (χ0) is 45.0. The standard InChI is InChI=1S/C21H39N7O6.C21H23NO6/c1-24-18-6-4-9-28(18)21(32)16(23)5-2-3-7-25-19(30)14-34-12-11-33-10-8-26-20(31)17(13-29)27-15-22;23-20(24)14-27-12-11-26-10-9-22-21(25)28-13-19-17-7-3-1-5-15(17)16-6-2-4-8-18(16)19/h16-18,27,29H,2-15,22-23H2,(H,25,30)(H,26,31);1-8,19H,9-14H2,(H,22,25)(H,23,24)/t16?,17-,18-;/m0./s1. The first-order valence-electron chi connectivity index (χ1n) is 20.7. The van der Waals surface area contributed by atoms with Crippen molar-refractivity contribution in [1.82, 2.24) is 26.2 Å². The van der Waals surface area contributed by atoms with Gasteiger partial charge in [-0.3, -0.25) is 29.4 Å². The number of likely N-dealkylation sites (tertiary alicyclic amines) is 1. The van der Waals surface area contributed by atoms with E-state index in [0.29, 0.717) is 51.9 Å². The molecular weight excluding hydrogens is 809 g/mol. The Hall–Kier alpha value is -5.24. The summed E-state index contributed by atoms with van der Waals surface area (Å²) in [5.74, 6) is -1.76. The summed E-state index contributed by atoms with van der Waals surface area (Å²) in [5.41, 5.74) is 16.0. The van der Waals surface area contributed by atoms with Crippen molar-refractivity contribution in [3.63, 3.8) is 0 Å². The molecule has 62 heavy (non-hydrogen) atoms. The lowest BCUT2D eigenvalue weighted by molar-refractivity contribution is -0.142. The average Bonchev–Trinajstić information content (AvgIpc) is 3.89. The first-order valence-corrected chi connectivity index (χ1v) is 20.7. The fraction of sp³-hybridized carbons (Fsp3) is 0.571. The molecule has 1 heterocycles. The van der Waals surface area contributed by atoms with Crippen molar-refractivity contribution in [2.45, 2.75) is 56.3 Å². The SMILES string of the molecule is O=C(O)COCCOCCNC(=O)OCC1c2ccccc2-c2ccccc21.[C-]#[N+][C@@H]1CCCN1C(=O)C(N)CCCCNC(=O)COCCOCCNC(=O)[C@H](CO)NCN. The van der Waals surface area contributed by atoms with Gasteiger partial charge in [0.25, 0.3) is 0 Å². The number of aliphatic carboxylic acids is 1. The van der Waals surface area contributed by atoms with E-state index in [0.717, 1.165) is 6.42 Å². The molecule has 1 fully saturated rings. The molecule has 10 N–H and O–H groups in total. The fourth-order valence-corrected chi connectivity index (χ4v) is 6.64. The molecule has 20 nitrogen and oxygen atoms in total. The third-order valence-corrected chi connectivity index (χ3v) is 9.71. The predicted octanol–water partition coefficient (Wildman–Crippen LogP) is 0.127. The van der Waals surface area contributed by atoms with Gasteiger partial charge in [0.05, 0.1) is 52.3 Å². The number of aliphatic hydroxyl groups is 1. The molecule has 0 spiro atoms. The second-order valence-corrected chi connectivity index (χ2v) is 14.1. The molecule has 2 aromatic rings. The molecule has 342 valence electrons. The molecule has 1 aliphatic carbocycles. The number of hydrogen-bond donors (Lipinski definition) is 8. The van der Waals surface area contributed by atoms with Gasteiger partial charge in [0, 0.05) is 45.2 Å². The summed E-state index contributed by atoms with van der Waals surface area (Å²) in [6.45, 7) is 9.85. The molecule has 1 aliphatic heterocycles. The Morgan fingerprint density at radius 3 is 2.05 bits per heavy atom. The van der Waals surface area contributed by atoms with E-state index in [1.807, 2.05) is 24.3 Å². The van der Waals surface area contributed by atoms with Crippen LogP contribution >= 0.6 is 0 Å². The minimum Gasteiger partial charge on any atom is -0.480 e. The molecule has 0 saturated carbocycles. The van der Waals surface area contributed by atoms with E-state index in [4.69, 9.17) is 51.9 Å². The van der Waals surface area contributed by atoms with Crippen LogP contribution in [-0.4, -0.2) is 162 Å². The first-order chi connectivity index (χ1) is 30.1. The molecule has 2 aromatic carbocycles. The highest BCUT2D eigenvalue weighted by Gasteiger charge is 2.35. The zero-order valence-electron chi connectivity index (χ0n) is 35.1. The van der Waals surface area contributed by atoms with Crippen molar-refractivity contribution in [2.24, 2.45) is 11.5 Å². The third-order valence-electron chi connectivity index (χ3n) is 9.71. The van der Waals surface area contributed by atoms with Crippen LogP contribution in [0.15, 0.2) is 48.5 Å². The Morgan fingerprint density at radius 2 is 1.44 bits per heavy atom. The Morgan fingerprint density at radius 1 is 0.823 bits per heavy atom. The van der Waals surface area contributed by atoms with E-state index in [9.17, 15) is 24.0 Å². The number of amides is 4. The van der Waals surface area contributed by atoms with Crippen molar-refractivity contribution >= 4 is 29.8 Å². The number of hydrogen-bond acceptors (Lipinski definition) is 14. The van der Waals surface area contributed by atoms with Gasteiger partial charge in [-0.1, -0.05) is 48.5 Å². The zero-order valence-corrected chi connectivity index (χ0v) is 35.1. The Labute approximate surface area is 362 Å². The monoisotopic (exact) mass is 870 g/mol. The molecule has 0 radical (unpaired) electrons. The molecule has 4 rings (SSSR count). The van der Waals surface area contributed by atoms with E-state index in [2.05, 4.69) is 50.4 Å². The number of carbonyl (C=O) groups is 5. The van der Waals surface area contributed by atoms with Crippen LogP contribution in [0.4, 0.5) is 4.79 Å². The quantitative estimate of drug-likeness (QED) is 0.0321. The van der Waals surface area contributed by atoms with Gasteiger partial charge in [-0.25, -0.2) is 16.2 Å². The second-order valence-electron chi connectivity index (χ2n) is 14.1. The fourth-order valence-electron chi connectivity index (χ4n) is 6.64. The Kier molecular flexibility index (Phi) is 24.7. The number of nitrogens with zero attached hydrogens (tertiary/aromatic N) is 2. The average molecular weight is 871 g/mol. The van der Waals surface area contributed by atoms with E-state index in [1.165, 1.54) is 22.3 Å². The van der Waals surface area contributed by atoms with Crippen LogP contribution in [0, 0.1) is 6.57 Å². The molecule has 1 unspecified atom stereocenters. The summed E-state index contributed by atoms with van der Waals surface area (Å²) in [4.78, 5) is 63.1. The molecular formula is C42H62N8O12. The number of alkyl carbamates (subject to hydrolysis) is 1. The lowest BCUT2D eigenvalue weighted by Gasteiger charge is -2.20. The number of benzene rings is 2. The topological polar surface area (TPSA) is 280 Å². The van der Waals surface area contributed by atoms with Crippen LogP contribution in [0.3, 0.4) is 0 Å². The van der Waals surface area contributed by atoms with Crippen molar-refractivity contribution in [3.05, 3.63) is 71.1 Å². The van der Waals surface area contributed by atoms with Crippen molar-refractivity contribution in [2.75, 3.05) is 98.9 Å². The second kappa shape index (κ2) is 29.9. The van der Waals surface area contributed by atoms with Gasteiger partial charge in [0.15, 0.2) is 0 Å². The summed E-state index contributed by atoms with van der Waals surface area (Å²) < 4.78 is 26.0. The maximum Gasteiger partial charge on any atom is 0.407 e. The van der Waals surface area contributed by atoms with Crippen LogP contribution in [0.1, 0.15) is 49.1 Å². The first kappa shape index (κ1) is 51.1. The normalized spacial score (nSPS) is 14.9. The molecule has 2 aliphatic rings. The summed E-state index contributed by atoms with van der Waals surface area (Å²) in [7, 11) is 0. The van der Waals surface area contributed by atoms with Gasteiger partial charge in [0.1, 0.15) is 25.9 Å². The van der Waals surface area contributed by atoms with Crippen molar-refractivity contribution in [1.29, 1.82) is 0 Å². The van der Waals surface area contributed by atoms with E-state index >= 15 is 0 Å². The van der Waals surface area contributed by atoms with Crippen LogP contribution in [0.5, 0.6) is 0 Å². The number of carboxylic acids is 1. The molecule has 1 saturated heterocycles. The minimum absolute atomic E-state index is 0.0285. The highest BCUT2D eigenvalue weighted by atomic mass is 16.6. The van der Waals surface area contributed by atoms with Crippen LogP contribution in [0.2, 0.25) is 0 Å². The number of fused-ring (bicyclic) bond motifs is 3. The number of carbonyl (C=O) groups excluding carboxylic acids is 4. The summed E-state index contributed by atoms with van der Waals surface area (Å²) >= 11 is 0. The lowest BCUT2D eigenvalue weighted by atomic mass is 9.98.